The number of carboxylic acid groups (broad SMARTS) is 1. The van der Waals surface area contributed by atoms with E-state index in [-0.39, 0.29) is 10.0 Å². The second-order valence-electron chi connectivity index (χ2n) is 4.25. The summed E-state index contributed by atoms with van der Waals surface area (Å²) in [5, 5.41) is 9.78. The molecule has 0 atom stereocenters. The van der Waals surface area contributed by atoms with Gasteiger partial charge in [0.05, 0.1) is 29.9 Å². The lowest BCUT2D eigenvalue weighted by Gasteiger charge is -2.07. The molecule has 7 heteroatoms. The zero-order valence-electron chi connectivity index (χ0n) is 10.2. The van der Waals surface area contributed by atoms with E-state index in [0.29, 0.717) is 16.6 Å². The van der Waals surface area contributed by atoms with E-state index in [1.165, 1.54) is 29.5 Å². The largest absolute Gasteiger partial charge is 0.478 e. The van der Waals surface area contributed by atoms with Crippen molar-refractivity contribution in [2.24, 2.45) is 0 Å². The molecule has 2 aromatic heterocycles. The number of nitrogens with zero attached hydrogens (tertiary/aromatic N) is 1. The highest BCUT2D eigenvalue weighted by Gasteiger charge is 2.16. The Labute approximate surface area is 139 Å². The van der Waals surface area contributed by atoms with Crippen molar-refractivity contribution in [3.05, 3.63) is 50.0 Å². The standard InChI is InChI=1S/C14H6Br2FNO2S/c15-8-3-6-7(14(19)20)4-11(12-1-2-13(16)21-12)18-10(6)5-9(8)17/h1-5H,(H,19,20). The fourth-order valence-corrected chi connectivity index (χ4v) is 3.67. The summed E-state index contributed by atoms with van der Waals surface area (Å²) in [4.78, 5) is 16.6. The highest BCUT2D eigenvalue weighted by molar-refractivity contribution is 9.11. The SMILES string of the molecule is O=C(O)c1cc(-c2ccc(Br)s2)nc2cc(F)c(Br)cc12. The molecule has 0 bridgehead atoms. The van der Waals surface area contributed by atoms with Crippen molar-refractivity contribution >= 4 is 60.1 Å². The fraction of sp³-hybridized carbons (Fsp3) is 0. The van der Waals surface area contributed by atoms with Gasteiger partial charge in [0.25, 0.3) is 0 Å². The molecule has 0 radical (unpaired) electrons. The van der Waals surface area contributed by atoms with Gasteiger partial charge in [-0.1, -0.05) is 0 Å². The van der Waals surface area contributed by atoms with Crippen LogP contribution in [-0.4, -0.2) is 16.1 Å². The first-order valence-electron chi connectivity index (χ1n) is 5.74. The van der Waals surface area contributed by atoms with Gasteiger partial charge in [0.2, 0.25) is 0 Å². The summed E-state index contributed by atoms with van der Waals surface area (Å²) in [6.07, 6.45) is 0. The molecule has 0 amide bonds. The van der Waals surface area contributed by atoms with Gasteiger partial charge in [0.1, 0.15) is 5.82 Å². The molecule has 0 aliphatic heterocycles. The van der Waals surface area contributed by atoms with Crippen LogP contribution in [0.25, 0.3) is 21.5 Å². The Balaban J connectivity index is 2.34. The maximum atomic E-state index is 13.7. The first kappa shape index (κ1) is 14.6. The molecule has 3 rings (SSSR count). The van der Waals surface area contributed by atoms with Crippen molar-refractivity contribution in [2.75, 3.05) is 0 Å². The molecule has 0 aliphatic carbocycles. The number of pyridine rings is 1. The van der Waals surface area contributed by atoms with Crippen LogP contribution in [0.4, 0.5) is 4.39 Å². The van der Waals surface area contributed by atoms with Gasteiger partial charge < -0.3 is 5.11 Å². The lowest BCUT2D eigenvalue weighted by atomic mass is 10.1. The number of hydrogen-bond acceptors (Lipinski definition) is 3. The minimum Gasteiger partial charge on any atom is -0.478 e. The second kappa shape index (κ2) is 5.47. The van der Waals surface area contributed by atoms with Gasteiger partial charge in [-0.2, -0.15) is 0 Å². The Kier molecular flexibility index (Phi) is 3.81. The van der Waals surface area contributed by atoms with Crippen molar-refractivity contribution < 1.29 is 14.3 Å². The molecule has 0 spiro atoms. The molecule has 1 aromatic carbocycles. The van der Waals surface area contributed by atoms with Crippen molar-refractivity contribution in [2.45, 2.75) is 0 Å². The smallest absolute Gasteiger partial charge is 0.336 e. The van der Waals surface area contributed by atoms with Crippen LogP contribution in [0.5, 0.6) is 0 Å². The van der Waals surface area contributed by atoms with Crippen LogP contribution in [0, 0.1) is 5.82 Å². The molecule has 21 heavy (non-hydrogen) atoms. The first-order valence-corrected chi connectivity index (χ1v) is 8.15. The van der Waals surface area contributed by atoms with Gasteiger partial charge in [-0.05, 0) is 56.1 Å². The number of halogens is 3. The number of aromatic carboxylic acids is 1. The van der Waals surface area contributed by atoms with Gasteiger partial charge in [0.15, 0.2) is 0 Å². The second-order valence-corrected chi connectivity index (χ2v) is 7.56. The van der Waals surface area contributed by atoms with Crippen LogP contribution < -0.4 is 0 Å². The van der Waals surface area contributed by atoms with E-state index in [1.807, 2.05) is 12.1 Å². The minimum absolute atomic E-state index is 0.0974. The maximum Gasteiger partial charge on any atom is 0.336 e. The van der Waals surface area contributed by atoms with Gasteiger partial charge in [-0.3, -0.25) is 0 Å². The van der Waals surface area contributed by atoms with E-state index in [1.54, 1.807) is 0 Å². The number of fused-ring (bicyclic) bond motifs is 1. The van der Waals surface area contributed by atoms with Crippen molar-refractivity contribution in [1.82, 2.24) is 4.98 Å². The zero-order valence-corrected chi connectivity index (χ0v) is 14.2. The Morgan fingerprint density at radius 1 is 1.24 bits per heavy atom. The molecule has 3 nitrogen and oxygen atoms in total. The number of aromatic nitrogens is 1. The highest BCUT2D eigenvalue weighted by atomic mass is 79.9. The number of carbonyl (C=O) groups is 1. The van der Waals surface area contributed by atoms with Crippen molar-refractivity contribution in [3.63, 3.8) is 0 Å². The summed E-state index contributed by atoms with van der Waals surface area (Å²) >= 11 is 7.86. The summed E-state index contributed by atoms with van der Waals surface area (Å²) < 4.78 is 14.8. The molecule has 0 aliphatic rings. The summed E-state index contributed by atoms with van der Waals surface area (Å²) in [6.45, 7) is 0. The van der Waals surface area contributed by atoms with Crippen molar-refractivity contribution in [1.29, 1.82) is 0 Å². The maximum absolute atomic E-state index is 13.7. The minimum atomic E-state index is -1.07. The zero-order chi connectivity index (χ0) is 15.1. The Morgan fingerprint density at radius 2 is 2.00 bits per heavy atom. The summed E-state index contributed by atoms with van der Waals surface area (Å²) in [7, 11) is 0. The van der Waals surface area contributed by atoms with E-state index in [2.05, 4.69) is 36.8 Å². The lowest BCUT2D eigenvalue weighted by Crippen LogP contribution is -2.00. The normalized spacial score (nSPS) is 11.0. The number of benzene rings is 1. The molecular weight excluding hydrogens is 425 g/mol. The third kappa shape index (κ3) is 2.73. The van der Waals surface area contributed by atoms with Crippen LogP contribution in [0.15, 0.2) is 38.6 Å². The predicted octanol–water partition coefficient (Wildman–Crippen LogP) is 5.33. The van der Waals surface area contributed by atoms with Crippen LogP contribution in [0.1, 0.15) is 10.4 Å². The van der Waals surface area contributed by atoms with Crippen molar-refractivity contribution in [3.8, 4) is 10.6 Å². The van der Waals surface area contributed by atoms with E-state index >= 15 is 0 Å². The molecule has 106 valence electrons. The van der Waals surface area contributed by atoms with Crippen LogP contribution >= 0.6 is 43.2 Å². The van der Waals surface area contributed by atoms with Crippen LogP contribution in [0.2, 0.25) is 0 Å². The molecule has 0 unspecified atom stereocenters. The average Bonchev–Trinajstić information content (AvgIpc) is 2.85. The van der Waals surface area contributed by atoms with E-state index in [4.69, 9.17) is 0 Å². The van der Waals surface area contributed by atoms with Gasteiger partial charge in [-0.15, -0.1) is 11.3 Å². The summed E-state index contributed by atoms with van der Waals surface area (Å²) in [5.41, 5.74) is 0.924. The Hall–Kier alpha value is -1.31. The van der Waals surface area contributed by atoms with E-state index < -0.39 is 11.8 Å². The van der Waals surface area contributed by atoms with Crippen LogP contribution in [0.3, 0.4) is 0 Å². The third-order valence-electron chi connectivity index (χ3n) is 2.91. The Bertz CT molecular complexity index is 879. The van der Waals surface area contributed by atoms with E-state index in [0.717, 1.165) is 8.66 Å². The van der Waals surface area contributed by atoms with Gasteiger partial charge in [-0.25, -0.2) is 14.2 Å². The molecule has 2 heterocycles. The van der Waals surface area contributed by atoms with E-state index in [9.17, 15) is 14.3 Å². The van der Waals surface area contributed by atoms with Crippen LogP contribution in [-0.2, 0) is 0 Å². The predicted molar refractivity (Wildman–Crippen MR) is 87.4 cm³/mol. The molecule has 0 saturated carbocycles. The third-order valence-corrected chi connectivity index (χ3v) is 5.16. The molecule has 1 N–H and O–H groups in total. The number of rotatable bonds is 2. The Morgan fingerprint density at radius 3 is 2.62 bits per heavy atom. The number of carboxylic acids is 1. The van der Waals surface area contributed by atoms with Gasteiger partial charge >= 0.3 is 5.97 Å². The molecular formula is C14H6Br2FNO2S. The first-order chi connectivity index (χ1) is 9.95. The topological polar surface area (TPSA) is 50.2 Å². The highest BCUT2D eigenvalue weighted by Crippen LogP contribution is 2.33. The fourth-order valence-electron chi connectivity index (χ4n) is 1.98. The summed E-state index contributed by atoms with van der Waals surface area (Å²) in [6, 6.07) is 7.87. The monoisotopic (exact) mass is 429 g/mol. The number of hydrogen-bond donors (Lipinski definition) is 1. The molecule has 3 aromatic rings. The molecule has 0 fully saturated rings. The average molecular weight is 431 g/mol. The lowest BCUT2D eigenvalue weighted by molar-refractivity contribution is 0.0699. The molecule has 0 saturated heterocycles. The summed E-state index contributed by atoms with van der Waals surface area (Å²) in [5.74, 6) is -1.55. The van der Waals surface area contributed by atoms with Gasteiger partial charge in [0, 0.05) is 11.5 Å². The number of thiophene rings is 1. The quantitative estimate of drug-likeness (QED) is 0.598.